The Morgan fingerprint density at radius 1 is 1.07 bits per heavy atom. The quantitative estimate of drug-likeness (QED) is 0.465. The van der Waals surface area contributed by atoms with Crippen LogP contribution >= 0.6 is 0 Å². The minimum atomic E-state index is 0.594. The Kier molecular flexibility index (Phi) is 4.89. The summed E-state index contributed by atoms with van der Waals surface area (Å²) in [5.74, 6) is 1.31. The molecule has 4 rings (SSSR count). The van der Waals surface area contributed by atoms with Gasteiger partial charge in [0.25, 0.3) is 0 Å². The van der Waals surface area contributed by atoms with Crippen LogP contribution in [0.25, 0.3) is 10.9 Å². The fourth-order valence-electron chi connectivity index (χ4n) is 3.14. The van der Waals surface area contributed by atoms with Crippen LogP contribution in [0.3, 0.4) is 0 Å². The number of nitrogens with zero attached hydrogens (tertiary/aromatic N) is 3. The van der Waals surface area contributed by atoms with Gasteiger partial charge in [0.15, 0.2) is 0 Å². The fourth-order valence-corrected chi connectivity index (χ4v) is 3.14. The second-order valence-electron chi connectivity index (χ2n) is 6.57. The Morgan fingerprint density at radius 3 is 2.71 bits per heavy atom. The molecule has 0 aliphatic heterocycles. The van der Waals surface area contributed by atoms with Gasteiger partial charge in [0.05, 0.1) is 11.6 Å². The molecule has 0 aliphatic rings. The van der Waals surface area contributed by atoms with Crippen LogP contribution in [-0.2, 0) is 6.42 Å². The van der Waals surface area contributed by atoms with Gasteiger partial charge in [-0.3, -0.25) is 0 Å². The molecule has 28 heavy (non-hydrogen) atoms. The number of nitrogens with one attached hydrogen (secondary N) is 3. The molecule has 0 atom stereocenters. The van der Waals surface area contributed by atoms with E-state index in [9.17, 15) is 0 Å². The number of anilines is 3. The Morgan fingerprint density at radius 2 is 1.89 bits per heavy atom. The van der Waals surface area contributed by atoms with Gasteiger partial charge >= 0.3 is 0 Å². The minimum absolute atomic E-state index is 0.594. The number of nitriles is 1. The molecular formula is C22H20N6. The number of aryl methyl sites for hydroxylation is 1. The van der Waals surface area contributed by atoms with Crippen LogP contribution in [0.4, 0.5) is 17.5 Å². The van der Waals surface area contributed by atoms with Gasteiger partial charge in [-0.2, -0.15) is 10.2 Å². The highest BCUT2D eigenvalue weighted by molar-refractivity contribution is 5.83. The van der Waals surface area contributed by atoms with E-state index < -0.39 is 0 Å². The average Bonchev–Trinajstić information content (AvgIpc) is 3.11. The third-order valence-corrected chi connectivity index (χ3v) is 4.49. The van der Waals surface area contributed by atoms with Crippen LogP contribution in [0, 0.1) is 18.3 Å². The van der Waals surface area contributed by atoms with E-state index in [-0.39, 0.29) is 0 Å². The summed E-state index contributed by atoms with van der Waals surface area (Å²) in [6.45, 7) is 2.68. The summed E-state index contributed by atoms with van der Waals surface area (Å²) in [6, 6.07) is 19.6. The Bertz CT molecular complexity index is 1140. The highest BCUT2D eigenvalue weighted by Crippen LogP contribution is 2.19. The molecule has 3 N–H and O–H groups in total. The molecule has 0 amide bonds. The van der Waals surface area contributed by atoms with Crippen molar-refractivity contribution in [3.63, 3.8) is 0 Å². The maximum atomic E-state index is 8.90. The van der Waals surface area contributed by atoms with Gasteiger partial charge < -0.3 is 15.6 Å². The van der Waals surface area contributed by atoms with Gasteiger partial charge in [0.2, 0.25) is 5.95 Å². The van der Waals surface area contributed by atoms with Crippen molar-refractivity contribution < 1.29 is 0 Å². The zero-order valence-corrected chi connectivity index (χ0v) is 15.5. The Hall–Kier alpha value is -3.85. The second-order valence-corrected chi connectivity index (χ2v) is 6.57. The van der Waals surface area contributed by atoms with E-state index in [1.165, 1.54) is 10.9 Å². The average molecular weight is 368 g/mol. The maximum Gasteiger partial charge on any atom is 0.224 e. The first kappa shape index (κ1) is 17.6. The molecule has 0 unspecified atom stereocenters. The van der Waals surface area contributed by atoms with Crippen molar-refractivity contribution in [2.75, 3.05) is 17.2 Å². The number of hydrogen-bond acceptors (Lipinski definition) is 5. The van der Waals surface area contributed by atoms with Crippen molar-refractivity contribution in [2.45, 2.75) is 13.3 Å². The summed E-state index contributed by atoms with van der Waals surface area (Å²) in [5, 5.41) is 16.7. The Balaban J connectivity index is 1.42. The van der Waals surface area contributed by atoms with Gasteiger partial charge in [0, 0.05) is 41.1 Å². The summed E-state index contributed by atoms with van der Waals surface area (Å²) >= 11 is 0. The lowest BCUT2D eigenvalue weighted by atomic mass is 10.1. The number of para-hydroxylation sites is 1. The smallest absolute Gasteiger partial charge is 0.224 e. The summed E-state index contributed by atoms with van der Waals surface area (Å²) in [4.78, 5) is 12.3. The highest BCUT2D eigenvalue weighted by Gasteiger charge is 2.05. The molecule has 0 saturated heterocycles. The van der Waals surface area contributed by atoms with E-state index >= 15 is 0 Å². The first-order valence-electron chi connectivity index (χ1n) is 9.13. The van der Waals surface area contributed by atoms with Crippen LogP contribution in [0.1, 0.15) is 16.8 Å². The SMILES string of the molecule is Cc1cc(Nc2ccc(C#N)cc2)nc(NCCc2c[nH]c3ccccc23)n1. The number of aromatic amines is 1. The lowest BCUT2D eigenvalue weighted by molar-refractivity contribution is 0.981. The van der Waals surface area contributed by atoms with Gasteiger partial charge in [-0.15, -0.1) is 0 Å². The molecule has 0 radical (unpaired) electrons. The van der Waals surface area contributed by atoms with Crippen LogP contribution < -0.4 is 10.6 Å². The van der Waals surface area contributed by atoms with E-state index in [0.29, 0.717) is 17.3 Å². The largest absolute Gasteiger partial charge is 0.361 e. The standard InChI is InChI=1S/C22H20N6/c1-15-12-21(27-18-8-6-16(13-23)7-9-18)28-22(26-15)24-11-10-17-14-25-20-5-3-2-4-19(17)20/h2-9,12,14,25H,10-11H2,1H3,(H2,24,26,27,28). The molecule has 0 spiro atoms. The number of rotatable bonds is 6. The third-order valence-electron chi connectivity index (χ3n) is 4.49. The van der Waals surface area contributed by atoms with E-state index in [4.69, 9.17) is 5.26 Å². The van der Waals surface area contributed by atoms with Gasteiger partial charge in [-0.25, -0.2) is 4.98 Å². The first-order chi connectivity index (χ1) is 13.7. The van der Waals surface area contributed by atoms with Crippen molar-refractivity contribution in [2.24, 2.45) is 0 Å². The molecule has 4 aromatic rings. The summed E-state index contributed by atoms with van der Waals surface area (Å²) < 4.78 is 0. The Labute approximate surface area is 163 Å². The number of benzene rings is 2. The molecule has 6 heteroatoms. The van der Waals surface area contributed by atoms with E-state index in [1.54, 1.807) is 12.1 Å². The summed E-state index contributed by atoms with van der Waals surface area (Å²) in [5.41, 5.74) is 4.80. The van der Waals surface area contributed by atoms with Crippen LogP contribution in [0.15, 0.2) is 60.8 Å². The van der Waals surface area contributed by atoms with Crippen molar-refractivity contribution in [1.82, 2.24) is 15.0 Å². The first-order valence-corrected chi connectivity index (χ1v) is 9.13. The number of hydrogen-bond donors (Lipinski definition) is 3. The molecule has 2 heterocycles. The van der Waals surface area contributed by atoms with Crippen molar-refractivity contribution >= 4 is 28.4 Å². The molecule has 2 aromatic heterocycles. The highest BCUT2D eigenvalue weighted by atomic mass is 15.1. The lowest BCUT2D eigenvalue weighted by Crippen LogP contribution is -2.09. The molecule has 6 nitrogen and oxygen atoms in total. The number of aromatic nitrogens is 3. The minimum Gasteiger partial charge on any atom is -0.361 e. The molecule has 0 aliphatic carbocycles. The van der Waals surface area contributed by atoms with Crippen LogP contribution in [0.2, 0.25) is 0 Å². The van der Waals surface area contributed by atoms with Crippen LogP contribution in [-0.4, -0.2) is 21.5 Å². The molecule has 2 aromatic carbocycles. The van der Waals surface area contributed by atoms with Crippen molar-refractivity contribution in [3.05, 3.63) is 77.6 Å². The second kappa shape index (κ2) is 7.80. The zero-order valence-electron chi connectivity index (χ0n) is 15.5. The van der Waals surface area contributed by atoms with Crippen LogP contribution in [0.5, 0.6) is 0 Å². The maximum absolute atomic E-state index is 8.90. The van der Waals surface area contributed by atoms with E-state index in [2.05, 4.69) is 56.1 Å². The van der Waals surface area contributed by atoms with Gasteiger partial charge in [-0.05, 0) is 49.2 Å². The van der Waals surface area contributed by atoms with Crippen molar-refractivity contribution in [3.8, 4) is 6.07 Å². The lowest BCUT2D eigenvalue weighted by Gasteiger charge is -2.10. The van der Waals surface area contributed by atoms with Gasteiger partial charge in [-0.1, -0.05) is 18.2 Å². The number of H-pyrrole nitrogens is 1. The normalized spacial score (nSPS) is 10.6. The third kappa shape index (κ3) is 3.94. The molecule has 138 valence electrons. The van der Waals surface area contributed by atoms with E-state index in [0.717, 1.165) is 29.9 Å². The molecule has 0 fully saturated rings. The van der Waals surface area contributed by atoms with Crippen molar-refractivity contribution in [1.29, 1.82) is 5.26 Å². The predicted octanol–water partition coefficient (Wildman–Crippen LogP) is 4.54. The summed E-state index contributed by atoms with van der Waals surface area (Å²) in [6.07, 6.45) is 2.93. The predicted molar refractivity (Wildman–Crippen MR) is 112 cm³/mol. The monoisotopic (exact) mass is 368 g/mol. The van der Waals surface area contributed by atoms with Gasteiger partial charge in [0.1, 0.15) is 5.82 Å². The summed E-state index contributed by atoms with van der Waals surface area (Å²) in [7, 11) is 0. The molecule has 0 bridgehead atoms. The number of fused-ring (bicyclic) bond motifs is 1. The fraction of sp³-hybridized carbons (Fsp3) is 0.136. The zero-order chi connectivity index (χ0) is 19.3. The molecule has 0 saturated carbocycles. The topological polar surface area (TPSA) is 89.4 Å². The van der Waals surface area contributed by atoms with E-state index in [1.807, 2.05) is 31.2 Å². The molecular weight excluding hydrogens is 348 g/mol.